The quantitative estimate of drug-likeness (QED) is 0.512. The number of rotatable bonds is 4. The smallest absolute Gasteiger partial charge is 0.279 e. The third-order valence-electron chi connectivity index (χ3n) is 5.55. The number of aryl methyl sites for hydroxylation is 2. The van der Waals surface area contributed by atoms with E-state index in [1.165, 1.54) is 16.9 Å². The molecule has 1 aromatic heterocycles. The van der Waals surface area contributed by atoms with Crippen molar-refractivity contribution in [3.8, 4) is 10.9 Å². The van der Waals surface area contributed by atoms with Gasteiger partial charge in [0.25, 0.3) is 5.19 Å². The van der Waals surface area contributed by atoms with Gasteiger partial charge >= 0.3 is 0 Å². The number of hydrogen-bond donors (Lipinski definition) is 1. The summed E-state index contributed by atoms with van der Waals surface area (Å²) in [6.07, 6.45) is 0.710. The Morgan fingerprint density at radius 1 is 1.10 bits per heavy atom. The van der Waals surface area contributed by atoms with Crippen LogP contribution in [0.3, 0.4) is 0 Å². The van der Waals surface area contributed by atoms with Crippen molar-refractivity contribution in [3.63, 3.8) is 0 Å². The normalized spacial score (nSPS) is 17.9. The van der Waals surface area contributed by atoms with Gasteiger partial charge in [-0.3, -0.25) is 4.79 Å². The van der Waals surface area contributed by atoms with Crippen LogP contribution in [-0.2, 0) is 16.0 Å². The largest absolute Gasteiger partial charge is 0.508 e. The molecule has 162 valence electrons. The Morgan fingerprint density at radius 2 is 1.84 bits per heavy atom. The predicted molar refractivity (Wildman–Crippen MR) is 124 cm³/mol. The van der Waals surface area contributed by atoms with Gasteiger partial charge in [-0.05, 0) is 82.0 Å². The van der Waals surface area contributed by atoms with Crippen molar-refractivity contribution >= 4 is 32.9 Å². The Labute approximate surface area is 186 Å². The average molecular weight is 438 g/mol. The van der Waals surface area contributed by atoms with Crippen LogP contribution in [0.25, 0.3) is 15.8 Å². The lowest BCUT2D eigenvalue weighted by atomic mass is 9.81. The topological polar surface area (TPSA) is 68.7 Å². The number of carbonyl (C=O) groups excluding carboxylic acids is 1. The van der Waals surface area contributed by atoms with Crippen LogP contribution in [0.5, 0.6) is 10.9 Å². The van der Waals surface area contributed by atoms with Crippen LogP contribution in [0, 0.1) is 6.92 Å². The zero-order valence-electron chi connectivity index (χ0n) is 18.7. The maximum atomic E-state index is 13.2. The highest BCUT2D eigenvalue weighted by molar-refractivity contribution is 7.20. The summed E-state index contributed by atoms with van der Waals surface area (Å²) in [6.45, 7) is 11.1. The molecule has 0 fully saturated rings. The molecule has 0 amide bonds. The monoisotopic (exact) mass is 437 g/mol. The third kappa shape index (κ3) is 3.86. The summed E-state index contributed by atoms with van der Waals surface area (Å²) in [5.74, 6) is 0.268. The van der Waals surface area contributed by atoms with Gasteiger partial charge in [0.05, 0.1) is 15.8 Å². The van der Waals surface area contributed by atoms with Gasteiger partial charge in [0, 0.05) is 0 Å². The summed E-state index contributed by atoms with van der Waals surface area (Å²) < 4.78 is 13.0. The summed E-state index contributed by atoms with van der Waals surface area (Å²) in [4.78, 5) is 17.8. The second-order valence-electron chi connectivity index (χ2n) is 8.90. The van der Waals surface area contributed by atoms with Crippen LogP contribution >= 0.6 is 11.3 Å². The van der Waals surface area contributed by atoms with Crippen LogP contribution in [0.4, 0.5) is 0 Å². The molecule has 0 saturated heterocycles. The van der Waals surface area contributed by atoms with E-state index in [2.05, 4.69) is 11.1 Å². The number of hydrogen-bond acceptors (Lipinski definition) is 6. The molecular formula is C25H27NO4S. The minimum Gasteiger partial charge on any atom is -0.508 e. The van der Waals surface area contributed by atoms with Gasteiger partial charge in [-0.25, -0.2) is 4.98 Å². The Kier molecular flexibility index (Phi) is 5.18. The van der Waals surface area contributed by atoms with Gasteiger partial charge in [0.15, 0.2) is 5.78 Å². The zero-order chi connectivity index (χ0) is 22.6. The lowest BCUT2D eigenvalue weighted by molar-refractivity contribution is -0.158. The standard InChI is InChI=1S/C25H27NO4S/c1-7-15-9-10-16(29-23-26-18-11-8-14(2)12-19(18)31-23)13-17(15)20-21(27)24(3,4)30-25(5,6)22(20)28/h8-13,27H,7H2,1-6H3. The molecule has 2 aromatic carbocycles. The summed E-state index contributed by atoms with van der Waals surface area (Å²) in [5, 5.41) is 11.5. The highest BCUT2D eigenvalue weighted by Crippen LogP contribution is 2.42. The predicted octanol–water partition coefficient (Wildman–Crippen LogP) is 6.39. The van der Waals surface area contributed by atoms with E-state index in [1.807, 2.05) is 44.2 Å². The van der Waals surface area contributed by atoms with Gasteiger partial charge < -0.3 is 14.6 Å². The SMILES string of the molecule is CCc1ccc(Oc2nc3ccc(C)cc3s2)cc1C1=C(O)C(C)(C)OC(C)(C)C1=O. The molecule has 0 atom stereocenters. The number of Topliss-reactive ketones (excluding diaryl/α,β-unsaturated/α-hetero) is 1. The molecule has 3 aromatic rings. The van der Waals surface area contributed by atoms with E-state index >= 15 is 0 Å². The van der Waals surface area contributed by atoms with Crippen molar-refractivity contribution in [2.75, 3.05) is 0 Å². The fourth-order valence-corrected chi connectivity index (χ4v) is 4.94. The van der Waals surface area contributed by atoms with Crippen LogP contribution in [0.15, 0.2) is 42.2 Å². The average Bonchev–Trinajstić information content (AvgIpc) is 3.07. The number of aliphatic hydroxyl groups is 1. The first-order chi connectivity index (χ1) is 14.5. The Bertz CT molecular complexity index is 1220. The van der Waals surface area contributed by atoms with Crippen molar-refractivity contribution in [2.24, 2.45) is 0 Å². The number of carbonyl (C=O) groups is 1. The fourth-order valence-electron chi connectivity index (χ4n) is 4.01. The number of fused-ring (bicyclic) bond motifs is 1. The number of thiazole rings is 1. The molecule has 2 heterocycles. The number of ether oxygens (including phenoxy) is 2. The van der Waals surface area contributed by atoms with E-state index in [1.54, 1.807) is 27.7 Å². The van der Waals surface area contributed by atoms with Gasteiger partial charge in [0.1, 0.15) is 22.7 Å². The molecule has 31 heavy (non-hydrogen) atoms. The van der Waals surface area contributed by atoms with E-state index in [-0.39, 0.29) is 11.5 Å². The van der Waals surface area contributed by atoms with Crippen molar-refractivity contribution in [1.82, 2.24) is 4.98 Å². The van der Waals surface area contributed by atoms with Crippen LogP contribution in [-0.4, -0.2) is 27.1 Å². The molecule has 0 bridgehead atoms. The molecule has 1 aliphatic heterocycles. The van der Waals surface area contributed by atoms with E-state index < -0.39 is 11.2 Å². The second-order valence-corrected chi connectivity index (χ2v) is 9.89. The Morgan fingerprint density at radius 3 is 2.55 bits per heavy atom. The molecule has 1 N–H and O–H groups in total. The lowest BCUT2D eigenvalue weighted by Crippen LogP contribution is -2.49. The van der Waals surface area contributed by atoms with Gasteiger partial charge in [-0.1, -0.05) is 30.4 Å². The van der Waals surface area contributed by atoms with Gasteiger partial charge in [-0.2, -0.15) is 0 Å². The maximum Gasteiger partial charge on any atom is 0.279 e. The number of aliphatic hydroxyl groups excluding tert-OH is 1. The van der Waals surface area contributed by atoms with E-state index in [4.69, 9.17) is 9.47 Å². The fraction of sp³-hybridized carbons (Fsp3) is 0.360. The first-order valence-corrected chi connectivity index (χ1v) is 11.2. The molecule has 0 spiro atoms. The molecule has 1 aliphatic rings. The van der Waals surface area contributed by atoms with Crippen molar-refractivity contribution < 1.29 is 19.4 Å². The highest BCUT2D eigenvalue weighted by Gasteiger charge is 2.47. The molecule has 5 nitrogen and oxygen atoms in total. The maximum absolute atomic E-state index is 13.2. The number of nitrogens with zero attached hydrogens (tertiary/aromatic N) is 1. The van der Waals surface area contributed by atoms with Crippen molar-refractivity contribution in [2.45, 2.75) is 59.2 Å². The van der Waals surface area contributed by atoms with Crippen molar-refractivity contribution in [1.29, 1.82) is 0 Å². The van der Waals surface area contributed by atoms with E-state index in [9.17, 15) is 9.90 Å². The molecular weight excluding hydrogens is 410 g/mol. The van der Waals surface area contributed by atoms with Crippen LogP contribution < -0.4 is 4.74 Å². The van der Waals surface area contributed by atoms with E-state index in [0.29, 0.717) is 28.5 Å². The molecule has 4 rings (SSSR count). The number of ketones is 1. The Hall–Kier alpha value is -2.70. The second kappa shape index (κ2) is 7.46. The first-order valence-electron chi connectivity index (χ1n) is 10.4. The lowest BCUT2D eigenvalue weighted by Gasteiger charge is -2.40. The molecule has 0 unspecified atom stereocenters. The summed E-state index contributed by atoms with van der Waals surface area (Å²) in [6, 6.07) is 11.7. The summed E-state index contributed by atoms with van der Waals surface area (Å²) in [7, 11) is 0. The highest BCUT2D eigenvalue weighted by atomic mass is 32.1. The van der Waals surface area contributed by atoms with Gasteiger partial charge in [0.2, 0.25) is 0 Å². The molecule has 6 heteroatoms. The summed E-state index contributed by atoms with van der Waals surface area (Å²) in [5.41, 5.74) is 1.96. The zero-order valence-corrected chi connectivity index (χ0v) is 19.5. The van der Waals surface area contributed by atoms with Crippen LogP contribution in [0.2, 0.25) is 0 Å². The van der Waals surface area contributed by atoms with E-state index in [0.717, 1.165) is 15.8 Å². The van der Waals surface area contributed by atoms with Crippen LogP contribution in [0.1, 0.15) is 51.3 Å². The Balaban J connectivity index is 1.79. The number of benzene rings is 2. The number of aromatic nitrogens is 1. The molecule has 0 aliphatic carbocycles. The first kappa shape index (κ1) is 21.5. The third-order valence-corrected chi connectivity index (χ3v) is 6.45. The van der Waals surface area contributed by atoms with Gasteiger partial charge in [-0.15, -0.1) is 0 Å². The minimum absolute atomic E-state index is 0.0564. The molecule has 0 saturated carbocycles. The summed E-state index contributed by atoms with van der Waals surface area (Å²) >= 11 is 1.48. The van der Waals surface area contributed by atoms with Crippen molar-refractivity contribution in [3.05, 3.63) is 58.8 Å². The molecule has 0 radical (unpaired) electrons. The minimum atomic E-state index is -1.04.